The molecule has 0 saturated carbocycles. The molecule has 112 valence electrons. The van der Waals surface area contributed by atoms with Gasteiger partial charge in [0.05, 0.1) is 17.7 Å². The average Bonchev–Trinajstić information content (AvgIpc) is 2.38. The van der Waals surface area contributed by atoms with Gasteiger partial charge < -0.3 is 15.4 Å². The number of methoxy groups -OCH3 is 1. The zero-order chi connectivity index (χ0) is 14.9. The Hall–Kier alpha value is -1.38. The quantitative estimate of drug-likeness (QED) is 0.816. The molecule has 0 atom stereocenters. The molecule has 1 heterocycles. The number of likely N-dealkylation sites (N-methyl/N-ethyl adjacent to an activating group) is 1. The SMILES string of the molecule is COc1c(N)cc(S(=O)(=O)N2CCN(C)CC2)cc1F. The van der Waals surface area contributed by atoms with Gasteiger partial charge in [-0.15, -0.1) is 0 Å². The van der Waals surface area contributed by atoms with Crippen LogP contribution in [-0.4, -0.2) is 58.0 Å². The second-order valence-corrected chi connectivity index (χ2v) is 6.67. The molecule has 0 spiro atoms. The molecular weight excluding hydrogens is 285 g/mol. The molecule has 1 aromatic carbocycles. The van der Waals surface area contributed by atoms with Crippen LogP contribution in [0.25, 0.3) is 0 Å². The first-order chi connectivity index (χ1) is 9.36. The van der Waals surface area contributed by atoms with Gasteiger partial charge in [0.25, 0.3) is 0 Å². The maximum atomic E-state index is 13.8. The van der Waals surface area contributed by atoms with E-state index in [1.54, 1.807) is 0 Å². The van der Waals surface area contributed by atoms with E-state index in [4.69, 9.17) is 10.5 Å². The predicted molar refractivity (Wildman–Crippen MR) is 73.6 cm³/mol. The smallest absolute Gasteiger partial charge is 0.243 e. The lowest BCUT2D eigenvalue weighted by atomic mass is 10.3. The minimum atomic E-state index is -3.72. The first kappa shape index (κ1) is 15.0. The Kier molecular flexibility index (Phi) is 4.17. The first-order valence-electron chi connectivity index (χ1n) is 6.18. The van der Waals surface area contributed by atoms with Crippen molar-refractivity contribution >= 4 is 15.7 Å². The number of nitrogens with zero attached hydrogens (tertiary/aromatic N) is 2. The Morgan fingerprint density at radius 2 is 1.85 bits per heavy atom. The van der Waals surface area contributed by atoms with Gasteiger partial charge in [-0.25, -0.2) is 12.8 Å². The molecule has 2 N–H and O–H groups in total. The van der Waals surface area contributed by atoms with Gasteiger partial charge in [-0.3, -0.25) is 0 Å². The lowest BCUT2D eigenvalue weighted by Crippen LogP contribution is -2.47. The molecule has 1 aliphatic rings. The van der Waals surface area contributed by atoms with E-state index in [2.05, 4.69) is 0 Å². The van der Waals surface area contributed by atoms with Crippen molar-refractivity contribution < 1.29 is 17.5 Å². The Morgan fingerprint density at radius 1 is 1.25 bits per heavy atom. The van der Waals surface area contributed by atoms with Gasteiger partial charge in [-0.2, -0.15) is 4.31 Å². The Labute approximate surface area is 118 Å². The lowest BCUT2D eigenvalue weighted by molar-refractivity contribution is 0.222. The summed E-state index contributed by atoms with van der Waals surface area (Å²) in [6, 6.07) is 2.18. The van der Waals surface area contributed by atoms with Gasteiger partial charge in [-0.1, -0.05) is 0 Å². The van der Waals surface area contributed by atoms with Crippen LogP contribution in [0.2, 0.25) is 0 Å². The summed E-state index contributed by atoms with van der Waals surface area (Å²) in [7, 11) is -0.518. The molecular formula is C12H18FN3O3S. The van der Waals surface area contributed by atoms with Crippen LogP contribution in [0.4, 0.5) is 10.1 Å². The van der Waals surface area contributed by atoms with Crippen molar-refractivity contribution in [3.63, 3.8) is 0 Å². The van der Waals surface area contributed by atoms with Crippen LogP contribution in [0.5, 0.6) is 5.75 Å². The number of hydrogen-bond acceptors (Lipinski definition) is 5. The molecule has 0 radical (unpaired) electrons. The Morgan fingerprint density at radius 3 is 2.35 bits per heavy atom. The number of rotatable bonds is 3. The fraction of sp³-hybridized carbons (Fsp3) is 0.500. The summed E-state index contributed by atoms with van der Waals surface area (Å²) >= 11 is 0. The van der Waals surface area contributed by atoms with Crippen LogP contribution in [0.3, 0.4) is 0 Å². The third-order valence-corrected chi connectivity index (χ3v) is 5.23. The van der Waals surface area contributed by atoms with Crippen molar-refractivity contribution in [3.8, 4) is 5.75 Å². The molecule has 0 aromatic heterocycles. The van der Waals surface area contributed by atoms with Crippen LogP contribution >= 0.6 is 0 Å². The highest BCUT2D eigenvalue weighted by Crippen LogP contribution is 2.30. The van der Waals surface area contributed by atoms with Gasteiger partial charge in [0, 0.05) is 26.2 Å². The van der Waals surface area contributed by atoms with Crippen LogP contribution in [-0.2, 0) is 10.0 Å². The summed E-state index contributed by atoms with van der Waals surface area (Å²) in [4.78, 5) is 1.90. The van der Waals surface area contributed by atoms with E-state index in [-0.39, 0.29) is 16.3 Å². The van der Waals surface area contributed by atoms with E-state index in [1.807, 2.05) is 11.9 Å². The number of nitrogen functional groups attached to an aromatic ring is 1. The standard InChI is InChI=1S/C12H18FN3O3S/c1-15-3-5-16(6-4-15)20(17,18)9-7-10(13)12(19-2)11(14)8-9/h7-8H,3-6,14H2,1-2H3. The number of nitrogens with two attached hydrogens (primary N) is 1. The number of anilines is 1. The number of piperazine rings is 1. The molecule has 2 rings (SSSR count). The van der Waals surface area contributed by atoms with Gasteiger partial charge in [0.1, 0.15) is 0 Å². The molecule has 0 bridgehead atoms. The van der Waals surface area contributed by atoms with Crippen molar-refractivity contribution in [3.05, 3.63) is 17.9 Å². The average molecular weight is 303 g/mol. The molecule has 1 saturated heterocycles. The molecule has 6 nitrogen and oxygen atoms in total. The maximum absolute atomic E-state index is 13.8. The fourth-order valence-corrected chi connectivity index (χ4v) is 3.60. The highest BCUT2D eigenvalue weighted by molar-refractivity contribution is 7.89. The largest absolute Gasteiger partial charge is 0.492 e. The Balaban J connectivity index is 2.35. The summed E-state index contributed by atoms with van der Waals surface area (Å²) in [5.41, 5.74) is 5.60. The third-order valence-electron chi connectivity index (χ3n) is 3.35. The minimum absolute atomic E-state index is 0.0276. The first-order valence-corrected chi connectivity index (χ1v) is 7.62. The van der Waals surface area contributed by atoms with E-state index in [1.165, 1.54) is 17.5 Å². The van der Waals surface area contributed by atoms with Crippen molar-refractivity contribution in [2.75, 3.05) is 46.1 Å². The lowest BCUT2D eigenvalue weighted by Gasteiger charge is -2.31. The summed E-state index contributed by atoms with van der Waals surface area (Å²) in [6.07, 6.45) is 0. The summed E-state index contributed by atoms with van der Waals surface area (Å²) in [6.45, 7) is 2.06. The summed E-state index contributed by atoms with van der Waals surface area (Å²) < 4.78 is 44.8. The van der Waals surface area contributed by atoms with Crippen molar-refractivity contribution in [2.24, 2.45) is 0 Å². The van der Waals surface area contributed by atoms with Crippen molar-refractivity contribution in [2.45, 2.75) is 4.90 Å². The molecule has 0 unspecified atom stereocenters. The van der Waals surface area contributed by atoms with Gasteiger partial charge >= 0.3 is 0 Å². The van der Waals surface area contributed by atoms with Crippen molar-refractivity contribution in [1.29, 1.82) is 0 Å². The molecule has 0 aliphatic carbocycles. The van der Waals surface area contributed by atoms with E-state index in [9.17, 15) is 12.8 Å². The van der Waals surface area contributed by atoms with E-state index >= 15 is 0 Å². The van der Waals surface area contributed by atoms with Crippen LogP contribution in [0, 0.1) is 5.82 Å². The number of benzene rings is 1. The predicted octanol–water partition coefficient (Wildman–Crippen LogP) is 0.353. The van der Waals surface area contributed by atoms with Gasteiger partial charge in [0.15, 0.2) is 11.6 Å². The maximum Gasteiger partial charge on any atom is 0.243 e. The van der Waals surface area contributed by atoms with Gasteiger partial charge in [-0.05, 0) is 19.2 Å². The second-order valence-electron chi connectivity index (χ2n) is 4.73. The number of hydrogen-bond donors (Lipinski definition) is 1. The van der Waals surface area contributed by atoms with Crippen LogP contribution in [0.15, 0.2) is 17.0 Å². The molecule has 1 fully saturated rings. The zero-order valence-corrected chi connectivity index (χ0v) is 12.3. The fourth-order valence-electron chi connectivity index (χ4n) is 2.13. The van der Waals surface area contributed by atoms with E-state index < -0.39 is 15.8 Å². The summed E-state index contributed by atoms with van der Waals surface area (Å²) in [5, 5.41) is 0. The van der Waals surface area contributed by atoms with Crippen LogP contribution in [0.1, 0.15) is 0 Å². The van der Waals surface area contributed by atoms with E-state index in [0.717, 1.165) is 6.07 Å². The molecule has 1 aliphatic heterocycles. The van der Waals surface area contributed by atoms with Crippen molar-refractivity contribution in [1.82, 2.24) is 9.21 Å². The normalized spacial score (nSPS) is 18.1. The molecule has 20 heavy (non-hydrogen) atoms. The van der Waals surface area contributed by atoms with Gasteiger partial charge in [0.2, 0.25) is 10.0 Å². The molecule has 8 heteroatoms. The monoisotopic (exact) mass is 303 g/mol. The number of ether oxygens (including phenoxy) is 1. The highest BCUT2D eigenvalue weighted by Gasteiger charge is 2.29. The van der Waals surface area contributed by atoms with E-state index in [0.29, 0.717) is 26.2 Å². The third kappa shape index (κ3) is 2.72. The number of halogens is 1. The topological polar surface area (TPSA) is 75.9 Å². The van der Waals surface area contributed by atoms with Crippen LogP contribution < -0.4 is 10.5 Å². The zero-order valence-electron chi connectivity index (χ0n) is 11.5. The molecule has 1 aromatic rings. The Bertz CT molecular complexity index is 575. The highest BCUT2D eigenvalue weighted by atomic mass is 32.2. The minimum Gasteiger partial charge on any atom is -0.492 e. The molecule has 0 amide bonds. The number of sulfonamides is 1. The summed E-state index contributed by atoms with van der Waals surface area (Å²) in [5.74, 6) is -0.914. The second kappa shape index (κ2) is 5.55.